The Labute approximate surface area is 391 Å². The number of amides is 7. The SMILES string of the molecule is CC(C)C[C@H](NC(=O)[C@@H](NC(=O)CCCCCCCCCCCCCCC(=O)N[C@@H](CC(N)=O)C(=O)N[C@@H](CCc1ccccc1)C(=O)O)C(C)C)C(=O)N[C@@H](Cc1ccccc1)C(N)=O. The number of benzene rings is 2. The molecule has 0 saturated carbocycles. The number of aryl methyl sites for hydroxylation is 1. The number of nitrogens with one attached hydrogen (secondary N) is 5. The van der Waals surface area contributed by atoms with Crippen molar-refractivity contribution in [2.24, 2.45) is 23.3 Å². The van der Waals surface area contributed by atoms with Gasteiger partial charge in [-0.1, -0.05) is 153 Å². The van der Waals surface area contributed by atoms with Crippen LogP contribution in [0.2, 0.25) is 0 Å². The summed E-state index contributed by atoms with van der Waals surface area (Å²) in [6.07, 6.45) is 12.6. The predicted octanol–water partition coefficient (Wildman–Crippen LogP) is 4.89. The minimum Gasteiger partial charge on any atom is -0.480 e. The average molecular weight is 920 g/mol. The van der Waals surface area contributed by atoms with Crippen molar-refractivity contribution in [2.45, 2.75) is 180 Å². The number of carboxylic acids is 1. The summed E-state index contributed by atoms with van der Waals surface area (Å²) in [7, 11) is 0. The first-order valence-corrected chi connectivity index (χ1v) is 23.8. The van der Waals surface area contributed by atoms with Crippen LogP contribution in [0.3, 0.4) is 0 Å². The zero-order valence-corrected chi connectivity index (χ0v) is 39.6. The van der Waals surface area contributed by atoms with Gasteiger partial charge in [0.2, 0.25) is 41.4 Å². The van der Waals surface area contributed by atoms with Crippen LogP contribution in [0.25, 0.3) is 0 Å². The first-order chi connectivity index (χ1) is 31.5. The molecule has 10 N–H and O–H groups in total. The van der Waals surface area contributed by atoms with E-state index in [1.807, 2.05) is 88.4 Å². The van der Waals surface area contributed by atoms with Gasteiger partial charge in [0.1, 0.15) is 30.2 Å². The van der Waals surface area contributed by atoms with Crippen molar-refractivity contribution in [1.29, 1.82) is 0 Å². The molecule has 0 aromatic heterocycles. The maximum atomic E-state index is 13.5. The summed E-state index contributed by atoms with van der Waals surface area (Å²) in [5.74, 6) is -5.20. The average Bonchev–Trinajstić information content (AvgIpc) is 3.26. The summed E-state index contributed by atoms with van der Waals surface area (Å²) in [5.41, 5.74) is 12.7. The van der Waals surface area contributed by atoms with Gasteiger partial charge in [0.25, 0.3) is 0 Å². The molecule has 7 amide bonds. The van der Waals surface area contributed by atoms with Crippen molar-refractivity contribution < 1.29 is 43.5 Å². The van der Waals surface area contributed by atoms with E-state index >= 15 is 0 Å². The molecule has 0 aliphatic heterocycles. The normalized spacial score (nSPS) is 13.4. The Kier molecular flexibility index (Phi) is 27.3. The molecule has 0 fully saturated rings. The molecule has 2 rings (SSSR count). The van der Waals surface area contributed by atoms with E-state index < -0.39 is 78.0 Å². The van der Waals surface area contributed by atoms with E-state index in [2.05, 4.69) is 26.6 Å². The molecule has 0 heterocycles. The standard InChI is InChI=1S/C50H77N7O9/c1-34(2)31-40(47(62)55-39(46(52)61)32-37-25-19-16-20-26-37)56-49(64)45(35(3)4)57-44(60)28-22-14-12-10-8-6-5-7-9-11-13-21-27-43(59)53-41(33-42(51)58)48(63)54-38(50(65)66)30-29-36-23-17-15-18-24-36/h15-20,23-26,34-35,38-41,45H,5-14,21-22,27-33H2,1-4H3,(H2,51,58)(H2,52,61)(H,53,59)(H,54,63)(H,55,62)(H,56,64)(H,57,60)(H,65,66)/t38-,39-,40-,41-,45-/m0/s1. The zero-order chi connectivity index (χ0) is 48.9. The number of carbonyl (C=O) groups is 8. The van der Waals surface area contributed by atoms with Crippen molar-refractivity contribution in [1.82, 2.24) is 26.6 Å². The first kappa shape index (κ1) is 56.3. The van der Waals surface area contributed by atoms with Crippen LogP contribution in [-0.4, -0.2) is 82.6 Å². The van der Waals surface area contributed by atoms with Crippen LogP contribution in [0.5, 0.6) is 0 Å². The summed E-state index contributed by atoms with van der Waals surface area (Å²) in [4.78, 5) is 101. The summed E-state index contributed by atoms with van der Waals surface area (Å²) < 4.78 is 0. The van der Waals surface area contributed by atoms with Crippen molar-refractivity contribution in [3.63, 3.8) is 0 Å². The highest BCUT2D eigenvalue weighted by molar-refractivity contribution is 5.95. The number of rotatable bonds is 35. The summed E-state index contributed by atoms with van der Waals surface area (Å²) >= 11 is 0. The van der Waals surface area contributed by atoms with Crippen LogP contribution in [0.1, 0.15) is 148 Å². The second-order valence-electron chi connectivity index (χ2n) is 18.1. The van der Waals surface area contributed by atoms with Gasteiger partial charge < -0.3 is 43.2 Å². The maximum Gasteiger partial charge on any atom is 0.326 e. The Bertz CT molecular complexity index is 1810. The Balaban J connectivity index is 1.61. The molecule has 0 unspecified atom stereocenters. The molecule has 16 heteroatoms. The van der Waals surface area contributed by atoms with E-state index in [-0.39, 0.29) is 37.0 Å². The van der Waals surface area contributed by atoms with Crippen LogP contribution in [0, 0.1) is 11.8 Å². The Morgan fingerprint density at radius 1 is 0.515 bits per heavy atom. The van der Waals surface area contributed by atoms with Gasteiger partial charge in [-0.05, 0) is 55.1 Å². The fraction of sp³-hybridized carbons (Fsp3) is 0.600. The Morgan fingerprint density at radius 3 is 1.41 bits per heavy atom. The molecule has 0 spiro atoms. The second-order valence-corrected chi connectivity index (χ2v) is 18.1. The van der Waals surface area contributed by atoms with E-state index in [1.54, 1.807) is 0 Å². The zero-order valence-electron chi connectivity index (χ0n) is 39.6. The van der Waals surface area contributed by atoms with E-state index in [0.717, 1.165) is 75.3 Å². The number of aliphatic carboxylic acids is 1. The van der Waals surface area contributed by atoms with Crippen LogP contribution in [-0.2, 0) is 51.2 Å². The van der Waals surface area contributed by atoms with Crippen molar-refractivity contribution >= 4 is 47.3 Å². The molecule has 366 valence electrons. The van der Waals surface area contributed by atoms with Crippen LogP contribution in [0.4, 0.5) is 0 Å². The van der Waals surface area contributed by atoms with E-state index in [4.69, 9.17) is 11.5 Å². The minimum absolute atomic E-state index is 0.0582. The number of unbranched alkanes of at least 4 members (excludes halogenated alkanes) is 11. The van der Waals surface area contributed by atoms with Gasteiger partial charge in [0, 0.05) is 19.3 Å². The molecule has 2 aromatic carbocycles. The third-order valence-corrected chi connectivity index (χ3v) is 11.3. The van der Waals surface area contributed by atoms with E-state index in [1.165, 1.54) is 0 Å². The van der Waals surface area contributed by atoms with E-state index in [0.29, 0.717) is 32.1 Å². The number of hydrogen-bond donors (Lipinski definition) is 8. The lowest BCUT2D eigenvalue weighted by Gasteiger charge is -2.27. The molecule has 5 atom stereocenters. The van der Waals surface area contributed by atoms with Gasteiger partial charge >= 0.3 is 5.97 Å². The number of carbonyl (C=O) groups excluding carboxylic acids is 7. The molecule has 0 radical (unpaired) electrons. The Morgan fingerprint density at radius 2 is 0.955 bits per heavy atom. The largest absolute Gasteiger partial charge is 0.480 e. The molecule has 16 nitrogen and oxygen atoms in total. The van der Waals surface area contributed by atoms with Crippen LogP contribution in [0.15, 0.2) is 60.7 Å². The quantitative estimate of drug-likeness (QED) is 0.0437. The molecule has 0 saturated heterocycles. The second kappa shape index (κ2) is 32.0. The highest BCUT2D eigenvalue weighted by Crippen LogP contribution is 2.15. The molecule has 2 aromatic rings. The third-order valence-electron chi connectivity index (χ3n) is 11.3. The molecule has 0 aliphatic carbocycles. The number of hydrogen-bond acceptors (Lipinski definition) is 8. The summed E-state index contributed by atoms with van der Waals surface area (Å²) in [5, 5.41) is 23.1. The van der Waals surface area contributed by atoms with Crippen LogP contribution < -0.4 is 38.1 Å². The van der Waals surface area contributed by atoms with Gasteiger partial charge in [-0.15, -0.1) is 0 Å². The maximum absolute atomic E-state index is 13.5. The van der Waals surface area contributed by atoms with E-state index in [9.17, 15) is 43.5 Å². The van der Waals surface area contributed by atoms with Gasteiger partial charge in [-0.2, -0.15) is 0 Å². The van der Waals surface area contributed by atoms with Gasteiger partial charge in [0.15, 0.2) is 0 Å². The molecule has 0 bridgehead atoms. The molecule has 0 aliphatic rings. The Hall–Kier alpha value is -5.80. The third kappa shape index (κ3) is 24.5. The van der Waals surface area contributed by atoms with Gasteiger partial charge in [0.05, 0.1) is 6.42 Å². The lowest BCUT2D eigenvalue weighted by Crippen LogP contribution is -2.58. The molecular weight excluding hydrogens is 843 g/mol. The number of carboxylic acid groups (broad SMARTS) is 1. The number of primary amides is 2. The highest BCUT2D eigenvalue weighted by Gasteiger charge is 2.31. The van der Waals surface area contributed by atoms with Gasteiger partial charge in [-0.25, -0.2) is 4.79 Å². The number of nitrogens with two attached hydrogens (primary N) is 2. The smallest absolute Gasteiger partial charge is 0.326 e. The highest BCUT2D eigenvalue weighted by atomic mass is 16.4. The lowest BCUT2D eigenvalue weighted by atomic mass is 9.99. The van der Waals surface area contributed by atoms with Crippen LogP contribution >= 0.6 is 0 Å². The van der Waals surface area contributed by atoms with Gasteiger partial charge in [-0.3, -0.25) is 33.6 Å². The molecule has 66 heavy (non-hydrogen) atoms. The minimum atomic E-state index is -1.26. The predicted molar refractivity (Wildman–Crippen MR) is 254 cm³/mol. The fourth-order valence-corrected chi connectivity index (χ4v) is 7.59. The summed E-state index contributed by atoms with van der Waals surface area (Å²) in [6.45, 7) is 7.53. The summed E-state index contributed by atoms with van der Waals surface area (Å²) in [6, 6.07) is 13.3. The topological polar surface area (TPSA) is 269 Å². The molecular formula is C50H77N7O9. The van der Waals surface area contributed by atoms with Crippen molar-refractivity contribution in [2.75, 3.05) is 0 Å². The monoisotopic (exact) mass is 920 g/mol. The van der Waals surface area contributed by atoms with Crippen molar-refractivity contribution in [3.05, 3.63) is 71.8 Å². The van der Waals surface area contributed by atoms with Crippen molar-refractivity contribution in [3.8, 4) is 0 Å². The first-order valence-electron chi connectivity index (χ1n) is 23.8. The fourth-order valence-electron chi connectivity index (χ4n) is 7.59. The lowest BCUT2D eigenvalue weighted by molar-refractivity contribution is -0.142.